The third-order valence-electron chi connectivity index (χ3n) is 3.38. The summed E-state index contributed by atoms with van der Waals surface area (Å²) < 4.78 is 7.97. The van der Waals surface area contributed by atoms with Crippen LogP contribution in [0.4, 0.5) is 0 Å². The molecule has 21 heavy (non-hydrogen) atoms. The number of aromatic nitrogens is 2. The van der Waals surface area contributed by atoms with Gasteiger partial charge in [-0.15, -0.1) is 0 Å². The zero-order valence-corrected chi connectivity index (χ0v) is 13.0. The molecule has 2 aromatic rings. The first kappa shape index (κ1) is 15.6. The second-order valence-corrected chi connectivity index (χ2v) is 5.06. The monoisotopic (exact) mass is 287 g/mol. The van der Waals surface area contributed by atoms with Gasteiger partial charge in [0.15, 0.2) is 0 Å². The van der Waals surface area contributed by atoms with Crippen LogP contribution in [0.1, 0.15) is 31.7 Å². The summed E-state index contributed by atoms with van der Waals surface area (Å²) in [5.41, 5.74) is 1.28. The largest absolute Gasteiger partial charge is 0.492 e. The van der Waals surface area contributed by atoms with Gasteiger partial charge < -0.3 is 14.6 Å². The minimum atomic E-state index is 0.666. The van der Waals surface area contributed by atoms with Crippen LogP contribution in [-0.4, -0.2) is 22.7 Å². The van der Waals surface area contributed by atoms with Crippen LogP contribution >= 0.6 is 0 Å². The van der Waals surface area contributed by atoms with Gasteiger partial charge in [0.1, 0.15) is 18.2 Å². The van der Waals surface area contributed by atoms with Crippen LogP contribution in [0, 0.1) is 0 Å². The summed E-state index contributed by atoms with van der Waals surface area (Å²) in [6.45, 7) is 7.69. The Balaban J connectivity index is 1.79. The Morgan fingerprint density at radius 2 is 2.00 bits per heavy atom. The van der Waals surface area contributed by atoms with Crippen molar-refractivity contribution in [2.75, 3.05) is 13.2 Å². The Morgan fingerprint density at radius 1 is 1.19 bits per heavy atom. The summed E-state index contributed by atoms with van der Waals surface area (Å²) in [5.74, 6) is 2.06. The number of nitrogens with one attached hydrogen (secondary N) is 1. The molecule has 0 unspecified atom stereocenters. The number of hydrogen-bond acceptors (Lipinski definition) is 3. The van der Waals surface area contributed by atoms with Crippen LogP contribution in [-0.2, 0) is 19.5 Å². The highest BCUT2D eigenvalue weighted by Gasteiger charge is 2.02. The minimum absolute atomic E-state index is 0.666. The molecule has 1 heterocycles. The third kappa shape index (κ3) is 4.90. The van der Waals surface area contributed by atoms with Crippen molar-refractivity contribution in [1.29, 1.82) is 0 Å². The molecule has 4 heteroatoms. The Hall–Kier alpha value is -1.81. The third-order valence-corrected chi connectivity index (χ3v) is 3.38. The molecule has 0 radical (unpaired) electrons. The summed E-state index contributed by atoms with van der Waals surface area (Å²) in [5, 5.41) is 3.31. The summed E-state index contributed by atoms with van der Waals surface area (Å²) >= 11 is 0. The highest BCUT2D eigenvalue weighted by atomic mass is 16.5. The number of imidazole rings is 1. The average molecular weight is 287 g/mol. The molecule has 4 nitrogen and oxygen atoms in total. The Bertz CT molecular complexity index is 519. The highest BCUT2D eigenvalue weighted by Crippen LogP contribution is 2.12. The van der Waals surface area contributed by atoms with Crippen LogP contribution in [0.3, 0.4) is 0 Å². The summed E-state index contributed by atoms with van der Waals surface area (Å²) in [6, 6.07) is 8.29. The van der Waals surface area contributed by atoms with Gasteiger partial charge in [0.2, 0.25) is 0 Å². The van der Waals surface area contributed by atoms with E-state index >= 15 is 0 Å². The zero-order chi connectivity index (χ0) is 14.9. The number of aryl methyl sites for hydroxylation is 1. The lowest BCUT2D eigenvalue weighted by atomic mass is 10.2. The predicted molar refractivity (Wildman–Crippen MR) is 85.5 cm³/mol. The van der Waals surface area contributed by atoms with E-state index in [2.05, 4.69) is 40.8 Å². The fourth-order valence-corrected chi connectivity index (χ4v) is 2.23. The van der Waals surface area contributed by atoms with Gasteiger partial charge in [0, 0.05) is 25.4 Å². The van der Waals surface area contributed by atoms with Crippen LogP contribution in [0.5, 0.6) is 5.75 Å². The van der Waals surface area contributed by atoms with E-state index in [0.717, 1.165) is 44.0 Å². The summed E-state index contributed by atoms with van der Waals surface area (Å²) in [7, 11) is 0. The van der Waals surface area contributed by atoms with Crippen molar-refractivity contribution in [3.05, 3.63) is 48.0 Å². The van der Waals surface area contributed by atoms with Crippen LogP contribution in [0.2, 0.25) is 0 Å². The van der Waals surface area contributed by atoms with Gasteiger partial charge in [-0.05, 0) is 30.7 Å². The van der Waals surface area contributed by atoms with Gasteiger partial charge in [0.25, 0.3) is 0 Å². The van der Waals surface area contributed by atoms with Gasteiger partial charge in [-0.25, -0.2) is 4.98 Å². The number of hydrogen-bond donors (Lipinski definition) is 1. The van der Waals surface area contributed by atoms with Crippen molar-refractivity contribution >= 4 is 0 Å². The van der Waals surface area contributed by atoms with Crippen molar-refractivity contribution in [2.45, 2.75) is 39.8 Å². The van der Waals surface area contributed by atoms with E-state index in [1.165, 1.54) is 5.56 Å². The molecule has 114 valence electrons. The first-order valence-corrected chi connectivity index (χ1v) is 7.76. The summed E-state index contributed by atoms with van der Waals surface area (Å²) in [6.07, 6.45) is 6.02. The molecule has 0 atom stereocenters. The topological polar surface area (TPSA) is 39.1 Å². The van der Waals surface area contributed by atoms with E-state index in [1.807, 2.05) is 24.5 Å². The minimum Gasteiger partial charge on any atom is -0.492 e. The Labute approximate surface area is 127 Å². The molecule has 0 aliphatic heterocycles. The van der Waals surface area contributed by atoms with E-state index in [1.54, 1.807) is 0 Å². The molecule has 0 bridgehead atoms. The SMILES string of the molecule is CCCc1nccn1CCOc1ccc(CNCC)cc1. The van der Waals surface area contributed by atoms with Gasteiger partial charge >= 0.3 is 0 Å². The number of benzene rings is 1. The van der Waals surface area contributed by atoms with Gasteiger partial charge in [-0.2, -0.15) is 0 Å². The molecule has 1 aromatic carbocycles. The standard InChI is InChI=1S/C17H25N3O/c1-3-5-17-19-10-11-20(17)12-13-21-16-8-6-15(7-9-16)14-18-4-2/h6-11,18H,3-5,12-14H2,1-2H3. The van der Waals surface area contributed by atoms with E-state index in [4.69, 9.17) is 4.74 Å². The number of ether oxygens (including phenoxy) is 1. The number of rotatable bonds is 9. The molecule has 0 aliphatic rings. The molecule has 0 fully saturated rings. The molecule has 0 saturated carbocycles. The quantitative estimate of drug-likeness (QED) is 0.770. The fraction of sp³-hybridized carbons (Fsp3) is 0.471. The lowest BCUT2D eigenvalue weighted by Crippen LogP contribution is -2.12. The fourth-order valence-electron chi connectivity index (χ4n) is 2.23. The van der Waals surface area contributed by atoms with Crippen molar-refractivity contribution < 1.29 is 4.74 Å². The maximum atomic E-state index is 5.80. The van der Waals surface area contributed by atoms with Crippen LogP contribution < -0.4 is 10.1 Å². The van der Waals surface area contributed by atoms with Gasteiger partial charge in [-0.3, -0.25) is 0 Å². The second-order valence-electron chi connectivity index (χ2n) is 5.06. The first-order valence-electron chi connectivity index (χ1n) is 7.76. The molecule has 1 N–H and O–H groups in total. The smallest absolute Gasteiger partial charge is 0.119 e. The van der Waals surface area contributed by atoms with Crippen LogP contribution in [0.15, 0.2) is 36.7 Å². The normalized spacial score (nSPS) is 10.8. The number of nitrogens with zero attached hydrogens (tertiary/aromatic N) is 2. The molecule has 0 amide bonds. The van der Waals surface area contributed by atoms with Crippen molar-refractivity contribution in [1.82, 2.24) is 14.9 Å². The maximum Gasteiger partial charge on any atom is 0.119 e. The van der Waals surface area contributed by atoms with E-state index in [-0.39, 0.29) is 0 Å². The Morgan fingerprint density at radius 3 is 2.71 bits per heavy atom. The second kappa shape index (κ2) is 8.47. The van der Waals surface area contributed by atoms with Crippen LogP contribution in [0.25, 0.3) is 0 Å². The Kier molecular flexibility index (Phi) is 6.28. The van der Waals surface area contributed by atoms with E-state index in [0.29, 0.717) is 6.61 Å². The average Bonchev–Trinajstić information content (AvgIpc) is 2.94. The van der Waals surface area contributed by atoms with Crippen molar-refractivity contribution in [3.63, 3.8) is 0 Å². The lowest BCUT2D eigenvalue weighted by molar-refractivity contribution is 0.296. The molecule has 1 aromatic heterocycles. The van der Waals surface area contributed by atoms with E-state index in [9.17, 15) is 0 Å². The molecular formula is C17H25N3O. The van der Waals surface area contributed by atoms with E-state index < -0.39 is 0 Å². The predicted octanol–water partition coefficient (Wildman–Crippen LogP) is 3.02. The summed E-state index contributed by atoms with van der Waals surface area (Å²) in [4.78, 5) is 4.37. The lowest BCUT2D eigenvalue weighted by Gasteiger charge is -2.10. The molecule has 0 spiro atoms. The molecule has 0 saturated heterocycles. The van der Waals surface area contributed by atoms with Gasteiger partial charge in [0.05, 0.1) is 6.54 Å². The first-order chi connectivity index (χ1) is 10.3. The van der Waals surface area contributed by atoms with Gasteiger partial charge in [-0.1, -0.05) is 26.0 Å². The highest BCUT2D eigenvalue weighted by molar-refractivity contribution is 5.27. The maximum absolute atomic E-state index is 5.80. The zero-order valence-electron chi connectivity index (χ0n) is 13.0. The molecule has 0 aliphatic carbocycles. The molecular weight excluding hydrogens is 262 g/mol. The molecule has 2 rings (SSSR count). The van der Waals surface area contributed by atoms with Crippen molar-refractivity contribution in [3.8, 4) is 5.75 Å². The van der Waals surface area contributed by atoms with Crippen molar-refractivity contribution in [2.24, 2.45) is 0 Å².